The molecule has 2 heterocycles. The smallest absolute Gasteiger partial charge is 0.182 e. The second kappa shape index (κ2) is 3.48. The molecule has 0 bridgehead atoms. The highest BCUT2D eigenvalue weighted by Crippen LogP contribution is 2.20. The van der Waals surface area contributed by atoms with Crippen molar-refractivity contribution in [3.05, 3.63) is 42.6 Å². The molecule has 0 unspecified atom stereocenters. The molecule has 0 saturated heterocycles. The highest BCUT2D eigenvalue weighted by molar-refractivity contribution is 5.59. The third kappa shape index (κ3) is 1.67. The number of hydrogen-bond donors (Lipinski definition) is 2. The molecular formula is C12H9N3O2. The van der Waals surface area contributed by atoms with Gasteiger partial charge in [0, 0.05) is 5.56 Å². The van der Waals surface area contributed by atoms with Gasteiger partial charge >= 0.3 is 0 Å². The average molecular weight is 227 g/mol. The van der Waals surface area contributed by atoms with Crippen LogP contribution >= 0.6 is 0 Å². The van der Waals surface area contributed by atoms with Crippen LogP contribution in [-0.4, -0.2) is 24.8 Å². The van der Waals surface area contributed by atoms with Gasteiger partial charge in [-0.2, -0.15) is 0 Å². The fraction of sp³-hybridized carbons (Fsp3) is 0. The van der Waals surface area contributed by atoms with E-state index in [1.165, 1.54) is 10.7 Å². The van der Waals surface area contributed by atoms with E-state index in [1.807, 2.05) is 0 Å². The van der Waals surface area contributed by atoms with E-state index in [2.05, 4.69) is 10.1 Å². The largest absolute Gasteiger partial charge is 0.508 e. The highest BCUT2D eigenvalue weighted by Gasteiger charge is 2.06. The van der Waals surface area contributed by atoms with E-state index in [4.69, 9.17) is 0 Å². The number of benzene rings is 1. The minimum absolute atomic E-state index is 0.139. The zero-order chi connectivity index (χ0) is 11.8. The lowest BCUT2D eigenvalue weighted by molar-refractivity contribution is 0.470. The Hall–Kier alpha value is -2.56. The Morgan fingerprint density at radius 3 is 2.35 bits per heavy atom. The Balaban J connectivity index is 2.14. The van der Waals surface area contributed by atoms with Crippen LogP contribution in [0.15, 0.2) is 42.6 Å². The molecule has 0 atom stereocenters. The van der Waals surface area contributed by atoms with E-state index in [1.54, 1.807) is 36.4 Å². The molecule has 0 aliphatic heterocycles. The molecule has 0 spiro atoms. The Morgan fingerprint density at radius 1 is 0.882 bits per heavy atom. The van der Waals surface area contributed by atoms with E-state index in [9.17, 15) is 10.2 Å². The molecule has 84 valence electrons. The molecule has 2 aromatic heterocycles. The van der Waals surface area contributed by atoms with Gasteiger partial charge in [0.1, 0.15) is 11.5 Å². The Bertz CT molecular complexity index is 674. The number of phenols is 1. The number of nitrogens with zero attached hydrogens (tertiary/aromatic N) is 3. The summed E-state index contributed by atoms with van der Waals surface area (Å²) in [6.07, 6.45) is 1.49. The molecule has 2 N–H and O–H groups in total. The van der Waals surface area contributed by atoms with Crippen LogP contribution in [0.1, 0.15) is 0 Å². The average Bonchev–Trinajstić information content (AvgIpc) is 2.72. The van der Waals surface area contributed by atoms with Gasteiger partial charge in [0.25, 0.3) is 0 Å². The third-order valence-corrected chi connectivity index (χ3v) is 2.44. The summed E-state index contributed by atoms with van der Waals surface area (Å²) in [7, 11) is 0. The van der Waals surface area contributed by atoms with Crippen LogP contribution in [0.3, 0.4) is 0 Å². The topological polar surface area (TPSA) is 70.7 Å². The van der Waals surface area contributed by atoms with Crippen LogP contribution in [0.4, 0.5) is 0 Å². The quantitative estimate of drug-likeness (QED) is 0.665. The van der Waals surface area contributed by atoms with Gasteiger partial charge in [-0.05, 0) is 36.4 Å². The number of aromatic nitrogens is 3. The Labute approximate surface area is 96.6 Å². The maximum absolute atomic E-state index is 9.32. The van der Waals surface area contributed by atoms with Crippen molar-refractivity contribution in [3.63, 3.8) is 0 Å². The molecule has 5 heteroatoms. The molecule has 0 aliphatic carbocycles. The maximum Gasteiger partial charge on any atom is 0.182 e. The van der Waals surface area contributed by atoms with E-state index >= 15 is 0 Å². The van der Waals surface area contributed by atoms with Crippen LogP contribution in [0, 0.1) is 0 Å². The Morgan fingerprint density at radius 2 is 1.59 bits per heavy atom. The van der Waals surface area contributed by atoms with Crippen molar-refractivity contribution in [1.82, 2.24) is 14.6 Å². The SMILES string of the molecule is Oc1ccc(-c2nc3ccc(O)cn3n2)cc1. The summed E-state index contributed by atoms with van der Waals surface area (Å²) in [5.41, 5.74) is 1.47. The second-order valence-corrected chi connectivity index (χ2v) is 3.67. The van der Waals surface area contributed by atoms with Gasteiger partial charge in [-0.15, -0.1) is 5.10 Å². The molecule has 0 fully saturated rings. The van der Waals surface area contributed by atoms with Crippen molar-refractivity contribution in [2.24, 2.45) is 0 Å². The molecule has 3 aromatic rings. The van der Waals surface area contributed by atoms with E-state index < -0.39 is 0 Å². The molecule has 5 nitrogen and oxygen atoms in total. The lowest BCUT2D eigenvalue weighted by Crippen LogP contribution is -1.85. The zero-order valence-corrected chi connectivity index (χ0v) is 8.78. The highest BCUT2D eigenvalue weighted by atomic mass is 16.3. The maximum atomic E-state index is 9.32. The Kier molecular flexibility index (Phi) is 1.98. The summed E-state index contributed by atoms with van der Waals surface area (Å²) in [4.78, 5) is 4.31. The second-order valence-electron chi connectivity index (χ2n) is 3.67. The van der Waals surface area contributed by atoms with Crippen molar-refractivity contribution in [2.45, 2.75) is 0 Å². The van der Waals surface area contributed by atoms with Crippen LogP contribution in [0.2, 0.25) is 0 Å². The van der Waals surface area contributed by atoms with Crippen molar-refractivity contribution < 1.29 is 10.2 Å². The van der Waals surface area contributed by atoms with Gasteiger partial charge in [-0.25, -0.2) is 9.50 Å². The van der Waals surface area contributed by atoms with Gasteiger partial charge < -0.3 is 10.2 Å². The first-order chi connectivity index (χ1) is 8.22. The van der Waals surface area contributed by atoms with Crippen LogP contribution in [-0.2, 0) is 0 Å². The summed E-state index contributed by atoms with van der Waals surface area (Å²) in [5.74, 6) is 0.894. The minimum Gasteiger partial charge on any atom is -0.508 e. The van der Waals surface area contributed by atoms with Crippen LogP contribution < -0.4 is 0 Å². The minimum atomic E-state index is 0.139. The van der Waals surface area contributed by atoms with Crippen molar-refractivity contribution in [2.75, 3.05) is 0 Å². The van der Waals surface area contributed by atoms with Gasteiger partial charge in [-0.3, -0.25) is 0 Å². The fourth-order valence-corrected chi connectivity index (χ4v) is 1.61. The first-order valence-electron chi connectivity index (χ1n) is 5.07. The zero-order valence-electron chi connectivity index (χ0n) is 8.78. The monoisotopic (exact) mass is 227 g/mol. The molecule has 0 amide bonds. The van der Waals surface area contributed by atoms with Gasteiger partial charge in [0.05, 0.1) is 6.20 Å². The predicted molar refractivity (Wildman–Crippen MR) is 61.8 cm³/mol. The summed E-state index contributed by atoms with van der Waals surface area (Å²) in [6.45, 7) is 0. The lowest BCUT2D eigenvalue weighted by atomic mass is 10.2. The summed E-state index contributed by atoms with van der Waals surface area (Å²) >= 11 is 0. The first-order valence-corrected chi connectivity index (χ1v) is 5.07. The predicted octanol–water partition coefficient (Wildman–Crippen LogP) is 1.81. The van der Waals surface area contributed by atoms with E-state index in [-0.39, 0.29) is 11.5 Å². The molecule has 0 aliphatic rings. The third-order valence-electron chi connectivity index (χ3n) is 2.44. The number of phenolic OH excluding ortho intramolecular Hbond substituents is 1. The number of pyridine rings is 1. The molecule has 1 aromatic carbocycles. The van der Waals surface area contributed by atoms with Crippen molar-refractivity contribution >= 4 is 5.65 Å². The summed E-state index contributed by atoms with van der Waals surface area (Å²) in [5, 5.41) is 22.8. The summed E-state index contributed by atoms with van der Waals surface area (Å²) < 4.78 is 1.51. The van der Waals surface area contributed by atoms with Crippen molar-refractivity contribution in [1.29, 1.82) is 0 Å². The normalized spacial score (nSPS) is 10.8. The standard InChI is InChI=1S/C12H9N3O2/c16-9-3-1-8(2-4-9)12-13-11-6-5-10(17)7-15(11)14-12/h1-7,16-17H. The fourth-order valence-electron chi connectivity index (χ4n) is 1.61. The number of fused-ring (bicyclic) bond motifs is 1. The number of rotatable bonds is 1. The van der Waals surface area contributed by atoms with E-state index in [0.29, 0.717) is 11.5 Å². The summed E-state index contributed by atoms with van der Waals surface area (Å²) in [6, 6.07) is 9.89. The van der Waals surface area contributed by atoms with Gasteiger partial charge in [-0.1, -0.05) is 0 Å². The van der Waals surface area contributed by atoms with Gasteiger partial charge in [0.2, 0.25) is 0 Å². The van der Waals surface area contributed by atoms with Crippen LogP contribution in [0.25, 0.3) is 17.0 Å². The molecular weight excluding hydrogens is 218 g/mol. The number of aromatic hydroxyl groups is 2. The van der Waals surface area contributed by atoms with Crippen LogP contribution in [0.5, 0.6) is 11.5 Å². The molecule has 3 rings (SSSR count). The number of hydrogen-bond acceptors (Lipinski definition) is 4. The first kappa shape index (κ1) is 9.65. The lowest BCUT2D eigenvalue weighted by Gasteiger charge is -1.94. The van der Waals surface area contributed by atoms with Crippen molar-refractivity contribution in [3.8, 4) is 22.9 Å². The molecule has 0 saturated carbocycles. The molecule has 0 radical (unpaired) electrons. The van der Waals surface area contributed by atoms with Gasteiger partial charge in [0.15, 0.2) is 11.5 Å². The molecule has 17 heavy (non-hydrogen) atoms. The van der Waals surface area contributed by atoms with E-state index in [0.717, 1.165) is 5.56 Å².